The van der Waals surface area contributed by atoms with Crippen LogP contribution >= 0.6 is 0 Å². The van der Waals surface area contributed by atoms with Crippen LogP contribution in [0, 0.1) is 6.92 Å². The molecule has 2 heterocycles. The number of aromatic carboxylic acids is 1. The molecule has 18 heavy (non-hydrogen) atoms. The first-order valence-corrected chi connectivity index (χ1v) is 6.24. The summed E-state index contributed by atoms with van der Waals surface area (Å²) in [7, 11) is 0. The van der Waals surface area contributed by atoms with E-state index < -0.39 is 5.97 Å². The number of hydrogen-bond donors (Lipinski definition) is 1. The van der Waals surface area contributed by atoms with Gasteiger partial charge in [0.2, 0.25) is 0 Å². The number of fused-ring (bicyclic) bond motifs is 1. The SMILES string of the molecule is Cc1ncc2cc(C(=O)O)n(C3CCCC3)c2n1. The largest absolute Gasteiger partial charge is 0.477 e. The molecule has 1 aliphatic carbocycles. The molecule has 1 aliphatic rings. The molecule has 0 amide bonds. The third-order valence-electron chi connectivity index (χ3n) is 3.61. The van der Waals surface area contributed by atoms with Crippen LogP contribution in [0.4, 0.5) is 0 Å². The minimum Gasteiger partial charge on any atom is -0.477 e. The maximum Gasteiger partial charge on any atom is 0.352 e. The summed E-state index contributed by atoms with van der Waals surface area (Å²) in [4.78, 5) is 19.9. The zero-order valence-electron chi connectivity index (χ0n) is 10.3. The van der Waals surface area contributed by atoms with Gasteiger partial charge in [0, 0.05) is 17.6 Å². The molecule has 0 spiro atoms. The number of aromatic nitrogens is 3. The average Bonchev–Trinajstić information content (AvgIpc) is 2.93. The van der Waals surface area contributed by atoms with Crippen LogP contribution in [0.5, 0.6) is 0 Å². The lowest BCUT2D eigenvalue weighted by Gasteiger charge is -2.15. The maximum atomic E-state index is 11.4. The summed E-state index contributed by atoms with van der Waals surface area (Å²) in [6.45, 7) is 1.83. The summed E-state index contributed by atoms with van der Waals surface area (Å²) in [5.41, 5.74) is 1.09. The van der Waals surface area contributed by atoms with E-state index in [0.29, 0.717) is 11.5 Å². The quantitative estimate of drug-likeness (QED) is 0.882. The zero-order valence-corrected chi connectivity index (χ0v) is 10.3. The molecule has 0 bridgehead atoms. The van der Waals surface area contributed by atoms with E-state index in [1.165, 1.54) is 0 Å². The summed E-state index contributed by atoms with van der Waals surface area (Å²) in [5, 5.41) is 10.1. The molecular weight excluding hydrogens is 230 g/mol. The highest BCUT2D eigenvalue weighted by Gasteiger charge is 2.25. The van der Waals surface area contributed by atoms with Gasteiger partial charge < -0.3 is 9.67 Å². The Balaban J connectivity index is 2.26. The second-order valence-electron chi connectivity index (χ2n) is 4.84. The molecule has 1 fully saturated rings. The van der Waals surface area contributed by atoms with Crippen LogP contribution in [-0.4, -0.2) is 25.6 Å². The van der Waals surface area contributed by atoms with Crippen LogP contribution in [0.15, 0.2) is 12.3 Å². The van der Waals surface area contributed by atoms with E-state index in [4.69, 9.17) is 0 Å². The number of hydrogen-bond acceptors (Lipinski definition) is 3. The smallest absolute Gasteiger partial charge is 0.352 e. The lowest BCUT2D eigenvalue weighted by Crippen LogP contribution is -2.13. The molecule has 1 saturated carbocycles. The fourth-order valence-electron chi connectivity index (χ4n) is 2.79. The minimum atomic E-state index is -0.891. The average molecular weight is 245 g/mol. The van der Waals surface area contributed by atoms with Crippen molar-refractivity contribution in [3.05, 3.63) is 23.8 Å². The molecular formula is C13H15N3O2. The van der Waals surface area contributed by atoms with E-state index in [9.17, 15) is 9.90 Å². The molecule has 0 saturated heterocycles. The van der Waals surface area contributed by atoms with Crippen molar-refractivity contribution in [2.45, 2.75) is 38.6 Å². The van der Waals surface area contributed by atoms with Crippen LogP contribution in [0.3, 0.4) is 0 Å². The predicted octanol–water partition coefficient (Wildman–Crippen LogP) is 2.55. The summed E-state index contributed by atoms with van der Waals surface area (Å²) in [6.07, 6.45) is 6.09. The summed E-state index contributed by atoms with van der Waals surface area (Å²) in [5.74, 6) is -0.214. The number of aryl methyl sites for hydroxylation is 1. The van der Waals surface area contributed by atoms with Gasteiger partial charge in [-0.2, -0.15) is 0 Å². The molecule has 94 valence electrons. The molecule has 0 atom stereocenters. The Bertz CT molecular complexity index is 612. The van der Waals surface area contributed by atoms with E-state index in [1.54, 1.807) is 12.3 Å². The fourth-order valence-corrected chi connectivity index (χ4v) is 2.79. The lowest BCUT2D eigenvalue weighted by molar-refractivity contribution is 0.0683. The first kappa shape index (κ1) is 11.2. The molecule has 2 aromatic heterocycles. The third-order valence-corrected chi connectivity index (χ3v) is 3.61. The van der Waals surface area contributed by atoms with Crippen molar-refractivity contribution in [1.82, 2.24) is 14.5 Å². The van der Waals surface area contributed by atoms with Crippen molar-refractivity contribution in [1.29, 1.82) is 0 Å². The Labute approximate surface area is 104 Å². The Morgan fingerprint density at radius 2 is 2.17 bits per heavy atom. The number of nitrogens with zero attached hydrogens (tertiary/aromatic N) is 3. The van der Waals surface area contributed by atoms with Crippen molar-refractivity contribution in [2.75, 3.05) is 0 Å². The van der Waals surface area contributed by atoms with Gasteiger partial charge in [0.1, 0.15) is 17.2 Å². The number of carboxylic acids is 1. The van der Waals surface area contributed by atoms with E-state index in [1.807, 2.05) is 11.5 Å². The number of carboxylic acid groups (broad SMARTS) is 1. The lowest BCUT2D eigenvalue weighted by atomic mass is 10.2. The second kappa shape index (κ2) is 4.08. The van der Waals surface area contributed by atoms with Gasteiger partial charge in [-0.1, -0.05) is 12.8 Å². The minimum absolute atomic E-state index is 0.267. The van der Waals surface area contributed by atoms with E-state index in [2.05, 4.69) is 9.97 Å². The highest BCUT2D eigenvalue weighted by molar-refractivity contribution is 5.93. The molecule has 5 heteroatoms. The Morgan fingerprint density at radius 3 is 2.83 bits per heavy atom. The van der Waals surface area contributed by atoms with Crippen molar-refractivity contribution in [2.24, 2.45) is 0 Å². The van der Waals surface area contributed by atoms with E-state index in [0.717, 1.165) is 36.7 Å². The van der Waals surface area contributed by atoms with Gasteiger partial charge in [-0.3, -0.25) is 0 Å². The number of rotatable bonds is 2. The van der Waals surface area contributed by atoms with Crippen molar-refractivity contribution >= 4 is 17.0 Å². The van der Waals surface area contributed by atoms with Crippen molar-refractivity contribution in [3.8, 4) is 0 Å². The Morgan fingerprint density at radius 1 is 1.44 bits per heavy atom. The van der Waals surface area contributed by atoms with Crippen LogP contribution in [0.25, 0.3) is 11.0 Å². The zero-order chi connectivity index (χ0) is 12.7. The van der Waals surface area contributed by atoms with E-state index in [-0.39, 0.29) is 6.04 Å². The fraction of sp³-hybridized carbons (Fsp3) is 0.462. The van der Waals surface area contributed by atoms with Crippen LogP contribution in [-0.2, 0) is 0 Å². The predicted molar refractivity (Wildman–Crippen MR) is 66.7 cm³/mol. The first-order chi connectivity index (χ1) is 8.66. The molecule has 0 aliphatic heterocycles. The van der Waals surface area contributed by atoms with Gasteiger partial charge in [0.15, 0.2) is 0 Å². The van der Waals surface area contributed by atoms with Crippen LogP contribution in [0.1, 0.15) is 48.0 Å². The summed E-state index contributed by atoms with van der Waals surface area (Å²) < 4.78 is 1.89. The van der Waals surface area contributed by atoms with Crippen molar-refractivity contribution < 1.29 is 9.90 Å². The monoisotopic (exact) mass is 245 g/mol. The Hall–Kier alpha value is -1.91. The molecule has 5 nitrogen and oxygen atoms in total. The summed E-state index contributed by atoms with van der Waals surface area (Å²) >= 11 is 0. The highest BCUT2D eigenvalue weighted by Crippen LogP contribution is 2.34. The van der Waals surface area contributed by atoms with Gasteiger partial charge in [0.05, 0.1) is 0 Å². The molecule has 0 radical (unpaired) electrons. The van der Waals surface area contributed by atoms with Gasteiger partial charge in [-0.25, -0.2) is 14.8 Å². The first-order valence-electron chi connectivity index (χ1n) is 6.24. The standard InChI is InChI=1S/C13H15N3O2/c1-8-14-7-9-6-11(13(17)18)16(12(9)15-8)10-4-2-3-5-10/h6-7,10H,2-5H2,1H3,(H,17,18). The normalized spacial score (nSPS) is 16.5. The van der Waals surface area contributed by atoms with Gasteiger partial charge in [0.25, 0.3) is 0 Å². The van der Waals surface area contributed by atoms with E-state index >= 15 is 0 Å². The summed E-state index contributed by atoms with van der Waals surface area (Å²) in [6, 6.07) is 1.94. The van der Waals surface area contributed by atoms with Gasteiger partial charge in [-0.15, -0.1) is 0 Å². The van der Waals surface area contributed by atoms with Crippen LogP contribution in [0.2, 0.25) is 0 Å². The van der Waals surface area contributed by atoms with Crippen molar-refractivity contribution in [3.63, 3.8) is 0 Å². The topological polar surface area (TPSA) is 68.0 Å². The van der Waals surface area contributed by atoms with Gasteiger partial charge >= 0.3 is 5.97 Å². The second-order valence-corrected chi connectivity index (χ2v) is 4.84. The third kappa shape index (κ3) is 1.66. The number of carbonyl (C=O) groups is 1. The highest BCUT2D eigenvalue weighted by atomic mass is 16.4. The van der Waals surface area contributed by atoms with Crippen LogP contribution < -0.4 is 0 Å². The van der Waals surface area contributed by atoms with Gasteiger partial charge in [-0.05, 0) is 25.8 Å². The molecule has 3 rings (SSSR count). The Kier molecular flexibility index (Phi) is 2.54. The molecule has 1 N–H and O–H groups in total. The molecule has 0 unspecified atom stereocenters. The molecule has 2 aromatic rings. The maximum absolute atomic E-state index is 11.4. The molecule has 0 aromatic carbocycles.